The Morgan fingerprint density at radius 1 is 1.46 bits per heavy atom. The largest absolute Gasteiger partial charge is 0.463 e. The summed E-state index contributed by atoms with van der Waals surface area (Å²) in [4.78, 5) is 13.0. The maximum atomic E-state index is 11.0. The zero-order valence-corrected chi connectivity index (χ0v) is 7.49. The number of cyclic esters (lactones) is 1. The van der Waals surface area contributed by atoms with Crippen LogP contribution in [0.4, 0.5) is 0 Å². The Morgan fingerprint density at radius 3 is 3.08 bits per heavy atom. The molecular weight excluding hydrogens is 172 g/mol. The SMILES string of the molecule is O=C1CN(C2COCCN2)CCO1. The fourth-order valence-electron chi connectivity index (χ4n) is 1.62. The summed E-state index contributed by atoms with van der Waals surface area (Å²) in [7, 11) is 0. The van der Waals surface area contributed by atoms with Crippen molar-refractivity contribution < 1.29 is 14.3 Å². The van der Waals surface area contributed by atoms with E-state index in [2.05, 4.69) is 10.2 Å². The van der Waals surface area contributed by atoms with Gasteiger partial charge < -0.3 is 9.47 Å². The molecule has 1 N–H and O–H groups in total. The van der Waals surface area contributed by atoms with Crippen molar-refractivity contribution in [1.29, 1.82) is 0 Å². The molecule has 13 heavy (non-hydrogen) atoms. The minimum atomic E-state index is -0.140. The molecule has 74 valence electrons. The summed E-state index contributed by atoms with van der Waals surface area (Å²) in [5, 5.41) is 3.30. The monoisotopic (exact) mass is 186 g/mol. The van der Waals surface area contributed by atoms with Gasteiger partial charge in [-0.3, -0.25) is 15.0 Å². The van der Waals surface area contributed by atoms with E-state index >= 15 is 0 Å². The van der Waals surface area contributed by atoms with Crippen LogP contribution in [-0.4, -0.2) is 56.5 Å². The van der Waals surface area contributed by atoms with Crippen molar-refractivity contribution in [2.24, 2.45) is 0 Å². The molecule has 2 rings (SSSR count). The second-order valence-electron chi connectivity index (χ2n) is 3.24. The lowest BCUT2D eigenvalue weighted by Gasteiger charge is -2.36. The molecule has 0 aromatic carbocycles. The van der Waals surface area contributed by atoms with Crippen molar-refractivity contribution in [2.75, 3.05) is 39.5 Å². The maximum Gasteiger partial charge on any atom is 0.320 e. The van der Waals surface area contributed by atoms with Gasteiger partial charge in [0.2, 0.25) is 0 Å². The first-order chi connectivity index (χ1) is 6.36. The minimum Gasteiger partial charge on any atom is -0.463 e. The van der Waals surface area contributed by atoms with Crippen LogP contribution in [0.3, 0.4) is 0 Å². The lowest BCUT2D eigenvalue weighted by molar-refractivity contribution is -0.153. The molecule has 0 radical (unpaired) electrons. The molecular formula is C8H14N2O3. The van der Waals surface area contributed by atoms with E-state index in [1.165, 1.54) is 0 Å². The van der Waals surface area contributed by atoms with Crippen molar-refractivity contribution in [3.63, 3.8) is 0 Å². The van der Waals surface area contributed by atoms with E-state index < -0.39 is 0 Å². The van der Waals surface area contributed by atoms with Gasteiger partial charge in [0.25, 0.3) is 0 Å². The van der Waals surface area contributed by atoms with Crippen LogP contribution in [0.15, 0.2) is 0 Å². The zero-order valence-electron chi connectivity index (χ0n) is 7.49. The van der Waals surface area contributed by atoms with Crippen molar-refractivity contribution in [1.82, 2.24) is 10.2 Å². The summed E-state index contributed by atoms with van der Waals surface area (Å²) in [5.74, 6) is -0.140. The predicted molar refractivity (Wildman–Crippen MR) is 45.1 cm³/mol. The van der Waals surface area contributed by atoms with Crippen LogP contribution >= 0.6 is 0 Å². The van der Waals surface area contributed by atoms with E-state index in [0.717, 1.165) is 19.7 Å². The normalized spacial score (nSPS) is 31.4. The Bertz CT molecular complexity index is 192. The van der Waals surface area contributed by atoms with Crippen LogP contribution in [0, 0.1) is 0 Å². The summed E-state index contributed by atoms with van der Waals surface area (Å²) >= 11 is 0. The Morgan fingerprint density at radius 2 is 2.38 bits per heavy atom. The molecule has 0 amide bonds. The first-order valence-electron chi connectivity index (χ1n) is 4.57. The van der Waals surface area contributed by atoms with Gasteiger partial charge in [0, 0.05) is 13.1 Å². The van der Waals surface area contributed by atoms with Crippen molar-refractivity contribution in [2.45, 2.75) is 6.17 Å². The topological polar surface area (TPSA) is 50.8 Å². The van der Waals surface area contributed by atoms with E-state index in [9.17, 15) is 4.79 Å². The molecule has 2 saturated heterocycles. The smallest absolute Gasteiger partial charge is 0.320 e. The quantitative estimate of drug-likeness (QED) is 0.521. The molecule has 0 aromatic heterocycles. The highest BCUT2D eigenvalue weighted by atomic mass is 16.5. The number of hydrogen-bond acceptors (Lipinski definition) is 5. The maximum absolute atomic E-state index is 11.0. The van der Waals surface area contributed by atoms with E-state index in [4.69, 9.17) is 9.47 Å². The third kappa shape index (κ3) is 2.18. The number of carbonyl (C=O) groups is 1. The second kappa shape index (κ2) is 4.04. The van der Waals surface area contributed by atoms with Gasteiger partial charge in [-0.25, -0.2) is 0 Å². The number of nitrogens with one attached hydrogen (secondary N) is 1. The third-order valence-corrected chi connectivity index (χ3v) is 2.32. The van der Waals surface area contributed by atoms with Crippen LogP contribution in [0.1, 0.15) is 0 Å². The minimum absolute atomic E-state index is 0.140. The summed E-state index contributed by atoms with van der Waals surface area (Å²) in [5.41, 5.74) is 0. The summed E-state index contributed by atoms with van der Waals surface area (Å²) in [6.45, 7) is 3.95. The highest BCUT2D eigenvalue weighted by Crippen LogP contribution is 2.05. The molecule has 2 fully saturated rings. The lowest BCUT2D eigenvalue weighted by atomic mass is 10.3. The van der Waals surface area contributed by atoms with Crippen LogP contribution in [0.5, 0.6) is 0 Å². The van der Waals surface area contributed by atoms with Crippen molar-refractivity contribution >= 4 is 5.97 Å². The van der Waals surface area contributed by atoms with Crippen molar-refractivity contribution in [3.05, 3.63) is 0 Å². The Hall–Kier alpha value is -0.650. The molecule has 0 spiro atoms. The molecule has 5 heteroatoms. The molecule has 0 bridgehead atoms. The summed E-state index contributed by atoms with van der Waals surface area (Å²) in [6, 6.07) is 0. The predicted octanol–water partition coefficient (Wildman–Crippen LogP) is -1.21. The van der Waals surface area contributed by atoms with E-state index in [1.807, 2.05) is 0 Å². The fraction of sp³-hybridized carbons (Fsp3) is 0.875. The number of ether oxygens (including phenoxy) is 2. The molecule has 2 heterocycles. The second-order valence-corrected chi connectivity index (χ2v) is 3.24. The number of hydrogen-bond donors (Lipinski definition) is 1. The van der Waals surface area contributed by atoms with Crippen LogP contribution in [-0.2, 0) is 14.3 Å². The number of nitrogens with zero attached hydrogens (tertiary/aromatic N) is 1. The fourth-order valence-corrected chi connectivity index (χ4v) is 1.62. The van der Waals surface area contributed by atoms with Gasteiger partial charge in [-0.15, -0.1) is 0 Å². The molecule has 2 aliphatic heterocycles. The van der Waals surface area contributed by atoms with Crippen LogP contribution in [0.25, 0.3) is 0 Å². The first kappa shape index (κ1) is 8.93. The Labute approximate surface area is 77.0 Å². The Kier molecular flexibility index (Phi) is 2.77. The van der Waals surface area contributed by atoms with Gasteiger partial charge in [0.05, 0.1) is 25.9 Å². The highest BCUT2D eigenvalue weighted by Gasteiger charge is 2.26. The number of morpholine rings is 2. The van der Waals surface area contributed by atoms with E-state index in [1.54, 1.807) is 0 Å². The molecule has 0 aromatic rings. The third-order valence-electron chi connectivity index (χ3n) is 2.32. The summed E-state index contributed by atoms with van der Waals surface area (Å²) in [6.07, 6.45) is 0.182. The molecule has 0 aliphatic carbocycles. The lowest BCUT2D eigenvalue weighted by Crippen LogP contribution is -2.56. The average molecular weight is 186 g/mol. The number of rotatable bonds is 1. The first-order valence-corrected chi connectivity index (χ1v) is 4.57. The van der Waals surface area contributed by atoms with E-state index in [0.29, 0.717) is 19.8 Å². The number of esters is 1. The van der Waals surface area contributed by atoms with Crippen LogP contribution < -0.4 is 5.32 Å². The van der Waals surface area contributed by atoms with Gasteiger partial charge >= 0.3 is 5.97 Å². The standard InChI is InChI=1S/C8H14N2O3/c11-8-5-10(2-4-13-8)7-6-12-3-1-9-7/h7,9H,1-6H2. The Balaban J connectivity index is 1.87. The van der Waals surface area contributed by atoms with Gasteiger partial charge in [0.15, 0.2) is 0 Å². The zero-order chi connectivity index (χ0) is 9.10. The molecule has 2 aliphatic rings. The van der Waals surface area contributed by atoms with Gasteiger partial charge in [-0.2, -0.15) is 0 Å². The van der Waals surface area contributed by atoms with Crippen LogP contribution in [0.2, 0.25) is 0 Å². The van der Waals surface area contributed by atoms with Gasteiger partial charge in [0.1, 0.15) is 6.61 Å². The van der Waals surface area contributed by atoms with E-state index in [-0.39, 0.29) is 12.1 Å². The van der Waals surface area contributed by atoms with Gasteiger partial charge in [-0.05, 0) is 0 Å². The molecule has 1 atom stereocenters. The summed E-state index contributed by atoms with van der Waals surface area (Å²) < 4.78 is 10.2. The molecule has 0 saturated carbocycles. The average Bonchev–Trinajstić information content (AvgIpc) is 2.19. The van der Waals surface area contributed by atoms with Crippen molar-refractivity contribution in [3.8, 4) is 0 Å². The molecule has 1 unspecified atom stereocenters. The van der Waals surface area contributed by atoms with Gasteiger partial charge in [-0.1, -0.05) is 0 Å². The highest BCUT2D eigenvalue weighted by molar-refractivity contribution is 5.72. The molecule has 5 nitrogen and oxygen atoms in total. The number of carbonyl (C=O) groups excluding carboxylic acids is 1.